The molecule has 16 heavy (non-hydrogen) atoms. The molecule has 4 N–H and O–H groups in total. The quantitative estimate of drug-likeness (QED) is 0.583. The Bertz CT molecular complexity index is 344. The second-order valence-electron chi connectivity index (χ2n) is 4.32. The summed E-state index contributed by atoms with van der Waals surface area (Å²) in [6, 6.07) is 8.88. The summed E-state index contributed by atoms with van der Waals surface area (Å²) >= 11 is 0. The van der Waals surface area contributed by atoms with E-state index in [9.17, 15) is 4.79 Å². The zero-order valence-corrected chi connectivity index (χ0v) is 9.64. The summed E-state index contributed by atoms with van der Waals surface area (Å²) in [6.07, 6.45) is 0.454. The van der Waals surface area contributed by atoms with Crippen LogP contribution in [0.1, 0.15) is 19.4 Å². The van der Waals surface area contributed by atoms with Crippen molar-refractivity contribution in [3.05, 3.63) is 35.9 Å². The molecule has 0 amide bonds. The number of hydrogen-bond donors (Lipinski definition) is 2. The molecule has 0 aliphatic rings. The summed E-state index contributed by atoms with van der Waals surface area (Å²) in [5, 5.41) is 0. The van der Waals surface area contributed by atoms with Gasteiger partial charge in [-0.2, -0.15) is 0 Å². The van der Waals surface area contributed by atoms with Gasteiger partial charge in [0.15, 0.2) is 5.72 Å². The molecule has 0 spiro atoms. The normalized spacial score (nSPS) is 13.2. The Morgan fingerprint density at radius 2 is 1.94 bits per heavy atom. The highest BCUT2D eigenvalue weighted by atomic mass is 16.6. The molecule has 4 nitrogen and oxygen atoms in total. The first kappa shape index (κ1) is 12.7. The summed E-state index contributed by atoms with van der Waals surface area (Å²) in [5.74, 6) is -0.476. The Morgan fingerprint density at radius 3 is 2.44 bits per heavy atom. The molecular formula is C12H18N2O2. The highest BCUT2D eigenvalue weighted by molar-refractivity contribution is 5.76. The van der Waals surface area contributed by atoms with Gasteiger partial charge in [-0.3, -0.25) is 10.5 Å². The molecule has 0 heterocycles. The summed E-state index contributed by atoms with van der Waals surface area (Å²) in [4.78, 5) is 11.5. The van der Waals surface area contributed by atoms with Crippen LogP contribution in [0.15, 0.2) is 30.3 Å². The second kappa shape index (κ2) is 5.09. The van der Waals surface area contributed by atoms with E-state index in [2.05, 4.69) is 0 Å². The van der Waals surface area contributed by atoms with E-state index in [0.717, 1.165) is 5.56 Å². The molecule has 1 aromatic rings. The van der Waals surface area contributed by atoms with E-state index < -0.39 is 17.7 Å². The highest BCUT2D eigenvalue weighted by Crippen LogP contribution is 2.06. The van der Waals surface area contributed by atoms with E-state index in [0.29, 0.717) is 6.42 Å². The molecule has 0 saturated heterocycles. The number of rotatable bonds is 4. The SMILES string of the molecule is CC(C)(N)OC(=O)[C@@H](N)Cc1ccccc1. The summed E-state index contributed by atoms with van der Waals surface area (Å²) in [5.41, 5.74) is 11.3. The van der Waals surface area contributed by atoms with Gasteiger partial charge in [0.2, 0.25) is 0 Å². The van der Waals surface area contributed by atoms with Crippen molar-refractivity contribution >= 4 is 5.97 Å². The molecular weight excluding hydrogens is 204 g/mol. The monoisotopic (exact) mass is 222 g/mol. The fraction of sp³-hybridized carbons (Fsp3) is 0.417. The third-order valence-electron chi connectivity index (χ3n) is 1.96. The number of carbonyl (C=O) groups excluding carboxylic acids is 1. The van der Waals surface area contributed by atoms with Crippen molar-refractivity contribution in [2.24, 2.45) is 11.5 Å². The van der Waals surface area contributed by atoms with Crippen molar-refractivity contribution in [1.82, 2.24) is 0 Å². The minimum absolute atomic E-state index is 0.454. The third kappa shape index (κ3) is 4.42. The minimum Gasteiger partial charge on any atom is -0.444 e. The Labute approximate surface area is 95.6 Å². The number of ether oxygens (including phenoxy) is 1. The van der Waals surface area contributed by atoms with E-state index >= 15 is 0 Å². The predicted octanol–water partition coefficient (Wildman–Crippen LogP) is 0.794. The van der Waals surface area contributed by atoms with Crippen molar-refractivity contribution < 1.29 is 9.53 Å². The van der Waals surface area contributed by atoms with E-state index in [1.807, 2.05) is 30.3 Å². The second-order valence-corrected chi connectivity index (χ2v) is 4.32. The number of carbonyl (C=O) groups is 1. The van der Waals surface area contributed by atoms with Gasteiger partial charge in [0, 0.05) is 0 Å². The molecule has 1 rings (SSSR count). The van der Waals surface area contributed by atoms with Gasteiger partial charge in [0.25, 0.3) is 0 Å². The number of esters is 1. The average molecular weight is 222 g/mol. The zero-order chi connectivity index (χ0) is 12.2. The van der Waals surface area contributed by atoms with Gasteiger partial charge in [-0.15, -0.1) is 0 Å². The molecule has 88 valence electrons. The first-order valence-corrected chi connectivity index (χ1v) is 5.20. The standard InChI is InChI=1S/C12H18N2O2/c1-12(2,14)16-11(15)10(13)8-9-6-4-3-5-7-9/h3-7,10H,8,13-14H2,1-2H3/t10-/m0/s1. The Morgan fingerprint density at radius 1 is 1.38 bits per heavy atom. The molecule has 0 unspecified atom stereocenters. The van der Waals surface area contributed by atoms with Gasteiger partial charge in [0.05, 0.1) is 0 Å². The minimum atomic E-state index is -0.981. The van der Waals surface area contributed by atoms with E-state index in [1.54, 1.807) is 13.8 Å². The smallest absolute Gasteiger partial charge is 0.324 e. The van der Waals surface area contributed by atoms with Crippen LogP contribution < -0.4 is 11.5 Å². The lowest BCUT2D eigenvalue weighted by atomic mass is 10.1. The van der Waals surface area contributed by atoms with E-state index in [1.165, 1.54) is 0 Å². The lowest BCUT2D eigenvalue weighted by Crippen LogP contribution is -2.44. The van der Waals surface area contributed by atoms with Gasteiger partial charge in [-0.25, -0.2) is 0 Å². The van der Waals surface area contributed by atoms with Crippen LogP contribution in [0.3, 0.4) is 0 Å². The Kier molecular flexibility index (Phi) is 4.04. The number of nitrogens with two attached hydrogens (primary N) is 2. The molecule has 0 aliphatic carbocycles. The fourth-order valence-corrected chi connectivity index (χ4v) is 1.29. The number of hydrogen-bond acceptors (Lipinski definition) is 4. The lowest BCUT2D eigenvalue weighted by Gasteiger charge is -2.21. The topological polar surface area (TPSA) is 78.3 Å². The van der Waals surface area contributed by atoms with Crippen molar-refractivity contribution in [2.45, 2.75) is 32.0 Å². The van der Waals surface area contributed by atoms with Crippen LogP contribution in [0.25, 0.3) is 0 Å². The maximum atomic E-state index is 11.5. The van der Waals surface area contributed by atoms with Gasteiger partial charge in [-0.1, -0.05) is 30.3 Å². The van der Waals surface area contributed by atoms with Crippen molar-refractivity contribution in [1.29, 1.82) is 0 Å². The lowest BCUT2D eigenvalue weighted by molar-refractivity contribution is -0.157. The molecule has 1 aromatic carbocycles. The molecule has 1 atom stereocenters. The molecule has 0 saturated carbocycles. The number of benzene rings is 1. The van der Waals surface area contributed by atoms with E-state index in [4.69, 9.17) is 16.2 Å². The Balaban J connectivity index is 2.53. The van der Waals surface area contributed by atoms with Gasteiger partial charge in [0.1, 0.15) is 6.04 Å². The largest absolute Gasteiger partial charge is 0.444 e. The molecule has 0 aromatic heterocycles. The zero-order valence-electron chi connectivity index (χ0n) is 9.64. The maximum absolute atomic E-state index is 11.5. The first-order chi connectivity index (χ1) is 7.38. The summed E-state index contributed by atoms with van der Waals surface area (Å²) < 4.78 is 4.99. The third-order valence-corrected chi connectivity index (χ3v) is 1.96. The van der Waals surface area contributed by atoms with E-state index in [-0.39, 0.29) is 0 Å². The summed E-state index contributed by atoms with van der Waals surface area (Å²) in [6.45, 7) is 3.22. The van der Waals surface area contributed by atoms with Crippen molar-refractivity contribution in [3.63, 3.8) is 0 Å². The van der Waals surface area contributed by atoms with Crippen LogP contribution in [-0.2, 0) is 16.0 Å². The van der Waals surface area contributed by atoms with Crippen LogP contribution in [0, 0.1) is 0 Å². The van der Waals surface area contributed by atoms with Crippen LogP contribution in [0.5, 0.6) is 0 Å². The van der Waals surface area contributed by atoms with Crippen molar-refractivity contribution in [3.8, 4) is 0 Å². The highest BCUT2D eigenvalue weighted by Gasteiger charge is 2.22. The average Bonchev–Trinajstić information content (AvgIpc) is 2.16. The fourth-order valence-electron chi connectivity index (χ4n) is 1.29. The molecule has 0 radical (unpaired) electrons. The van der Waals surface area contributed by atoms with Gasteiger partial charge >= 0.3 is 5.97 Å². The maximum Gasteiger partial charge on any atom is 0.324 e. The van der Waals surface area contributed by atoms with Crippen molar-refractivity contribution in [2.75, 3.05) is 0 Å². The molecule has 0 aliphatic heterocycles. The summed E-state index contributed by atoms with van der Waals surface area (Å²) in [7, 11) is 0. The van der Waals surface area contributed by atoms with Crippen LogP contribution in [-0.4, -0.2) is 17.7 Å². The first-order valence-electron chi connectivity index (χ1n) is 5.20. The Hall–Kier alpha value is -1.39. The van der Waals surface area contributed by atoms with Gasteiger partial charge < -0.3 is 10.5 Å². The predicted molar refractivity (Wildman–Crippen MR) is 62.5 cm³/mol. The van der Waals surface area contributed by atoms with Crippen LogP contribution in [0.2, 0.25) is 0 Å². The van der Waals surface area contributed by atoms with Crippen LogP contribution in [0.4, 0.5) is 0 Å². The molecule has 4 heteroatoms. The molecule has 0 bridgehead atoms. The van der Waals surface area contributed by atoms with Gasteiger partial charge in [-0.05, 0) is 25.8 Å². The van der Waals surface area contributed by atoms with Crippen LogP contribution >= 0.6 is 0 Å². The molecule has 0 fully saturated rings.